The maximum atomic E-state index is 9.48. The standard InChI is InChI=1S/C11H16ClNO2/c1-11(2,14)5-6-15-10-7-8(13)3-4-9(10)12/h3-4,7,14H,5-6,13H2,1-2H3. The largest absolute Gasteiger partial charge is 0.492 e. The van der Waals surface area contributed by atoms with Crippen molar-refractivity contribution < 1.29 is 9.84 Å². The number of nitrogen functional groups attached to an aromatic ring is 1. The summed E-state index contributed by atoms with van der Waals surface area (Å²) in [5.74, 6) is 0.556. The predicted octanol–water partition coefficient (Wildman–Crippen LogP) is 2.46. The fourth-order valence-corrected chi connectivity index (χ4v) is 1.21. The maximum absolute atomic E-state index is 9.48. The fourth-order valence-electron chi connectivity index (χ4n) is 1.04. The number of rotatable bonds is 4. The average molecular weight is 230 g/mol. The van der Waals surface area contributed by atoms with Crippen LogP contribution in [0.25, 0.3) is 0 Å². The molecule has 4 heteroatoms. The zero-order valence-corrected chi connectivity index (χ0v) is 9.71. The van der Waals surface area contributed by atoms with Crippen molar-refractivity contribution in [3.63, 3.8) is 0 Å². The molecule has 1 rings (SSSR count). The summed E-state index contributed by atoms with van der Waals surface area (Å²) in [5, 5.41) is 10.0. The molecule has 84 valence electrons. The quantitative estimate of drug-likeness (QED) is 0.780. The molecule has 0 radical (unpaired) electrons. The van der Waals surface area contributed by atoms with E-state index in [9.17, 15) is 5.11 Å². The number of ether oxygens (including phenoxy) is 1. The summed E-state index contributed by atoms with van der Waals surface area (Å²) in [7, 11) is 0. The first-order chi connectivity index (χ1) is 6.88. The van der Waals surface area contributed by atoms with Gasteiger partial charge in [0.1, 0.15) is 5.75 Å². The number of anilines is 1. The second-order valence-corrected chi connectivity index (χ2v) is 4.51. The van der Waals surface area contributed by atoms with Crippen LogP contribution in [0.2, 0.25) is 5.02 Å². The Bertz CT molecular complexity index is 334. The molecule has 0 bridgehead atoms. The first-order valence-corrected chi connectivity index (χ1v) is 5.16. The molecule has 3 nitrogen and oxygen atoms in total. The van der Waals surface area contributed by atoms with Gasteiger partial charge in [0.25, 0.3) is 0 Å². The van der Waals surface area contributed by atoms with Crippen molar-refractivity contribution in [1.82, 2.24) is 0 Å². The Labute approximate surface area is 94.8 Å². The van der Waals surface area contributed by atoms with Gasteiger partial charge in [0, 0.05) is 18.2 Å². The third-order valence-electron chi connectivity index (χ3n) is 1.93. The Balaban J connectivity index is 2.54. The van der Waals surface area contributed by atoms with Gasteiger partial charge in [-0.05, 0) is 26.0 Å². The van der Waals surface area contributed by atoms with Crippen LogP contribution >= 0.6 is 11.6 Å². The molecule has 0 spiro atoms. The monoisotopic (exact) mass is 229 g/mol. The van der Waals surface area contributed by atoms with Crippen LogP contribution in [0.4, 0.5) is 5.69 Å². The Kier molecular flexibility index (Phi) is 3.83. The van der Waals surface area contributed by atoms with Crippen molar-refractivity contribution in [1.29, 1.82) is 0 Å². The van der Waals surface area contributed by atoms with Crippen molar-refractivity contribution in [3.8, 4) is 5.75 Å². The highest BCUT2D eigenvalue weighted by atomic mass is 35.5. The van der Waals surface area contributed by atoms with E-state index < -0.39 is 5.60 Å². The van der Waals surface area contributed by atoms with Gasteiger partial charge in [-0.1, -0.05) is 11.6 Å². The summed E-state index contributed by atoms with van der Waals surface area (Å²) in [6.07, 6.45) is 0.540. The minimum Gasteiger partial charge on any atom is -0.492 e. The fraction of sp³-hybridized carbons (Fsp3) is 0.455. The summed E-state index contributed by atoms with van der Waals surface area (Å²) in [6, 6.07) is 5.08. The summed E-state index contributed by atoms with van der Waals surface area (Å²) in [6.45, 7) is 3.88. The van der Waals surface area contributed by atoms with Gasteiger partial charge in [-0.15, -0.1) is 0 Å². The van der Waals surface area contributed by atoms with E-state index in [1.54, 1.807) is 32.0 Å². The van der Waals surface area contributed by atoms with Crippen LogP contribution in [0.3, 0.4) is 0 Å². The number of halogens is 1. The molecule has 1 aromatic carbocycles. The maximum Gasteiger partial charge on any atom is 0.139 e. The van der Waals surface area contributed by atoms with Crippen molar-refractivity contribution in [2.24, 2.45) is 0 Å². The Hall–Kier alpha value is -0.930. The number of benzene rings is 1. The summed E-state index contributed by atoms with van der Waals surface area (Å²) in [5.41, 5.74) is 5.48. The molecule has 3 N–H and O–H groups in total. The van der Waals surface area contributed by atoms with Crippen LogP contribution < -0.4 is 10.5 Å². The summed E-state index contributed by atoms with van der Waals surface area (Å²) >= 11 is 5.90. The van der Waals surface area contributed by atoms with E-state index >= 15 is 0 Å². The third-order valence-corrected chi connectivity index (χ3v) is 2.24. The Morgan fingerprint density at radius 3 is 2.73 bits per heavy atom. The number of nitrogens with two attached hydrogens (primary N) is 1. The first-order valence-electron chi connectivity index (χ1n) is 4.79. The highest BCUT2D eigenvalue weighted by Gasteiger charge is 2.12. The molecule has 0 aliphatic carbocycles. The lowest BCUT2D eigenvalue weighted by molar-refractivity contribution is 0.0554. The van der Waals surface area contributed by atoms with Crippen LogP contribution in [0.1, 0.15) is 20.3 Å². The minimum absolute atomic E-state index is 0.409. The van der Waals surface area contributed by atoms with E-state index in [1.807, 2.05) is 0 Å². The van der Waals surface area contributed by atoms with Gasteiger partial charge >= 0.3 is 0 Å². The van der Waals surface area contributed by atoms with Gasteiger partial charge in [-0.2, -0.15) is 0 Å². The van der Waals surface area contributed by atoms with Crippen molar-refractivity contribution in [2.75, 3.05) is 12.3 Å². The van der Waals surface area contributed by atoms with Gasteiger partial charge < -0.3 is 15.6 Å². The zero-order chi connectivity index (χ0) is 11.5. The number of hydrogen-bond donors (Lipinski definition) is 2. The van der Waals surface area contributed by atoms with E-state index in [0.717, 1.165) is 0 Å². The molecule has 0 atom stereocenters. The predicted molar refractivity (Wildman–Crippen MR) is 62.3 cm³/mol. The van der Waals surface area contributed by atoms with Gasteiger partial charge in [-0.25, -0.2) is 0 Å². The molecule has 0 fully saturated rings. The molecular weight excluding hydrogens is 214 g/mol. The lowest BCUT2D eigenvalue weighted by Crippen LogP contribution is -2.21. The van der Waals surface area contributed by atoms with Crippen molar-refractivity contribution in [3.05, 3.63) is 23.2 Å². The van der Waals surface area contributed by atoms with Crippen LogP contribution in [0.5, 0.6) is 5.75 Å². The van der Waals surface area contributed by atoms with E-state index in [-0.39, 0.29) is 0 Å². The second kappa shape index (κ2) is 4.73. The molecule has 0 aliphatic rings. The molecule has 15 heavy (non-hydrogen) atoms. The zero-order valence-electron chi connectivity index (χ0n) is 8.96. The summed E-state index contributed by atoms with van der Waals surface area (Å²) in [4.78, 5) is 0. The van der Waals surface area contributed by atoms with E-state index in [4.69, 9.17) is 22.1 Å². The van der Waals surface area contributed by atoms with E-state index in [2.05, 4.69) is 0 Å². The molecule has 0 heterocycles. The average Bonchev–Trinajstić information content (AvgIpc) is 2.09. The lowest BCUT2D eigenvalue weighted by Gasteiger charge is -2.17. The van der Waals surface area contributed by atoms with E-state index in [0.29, 0.717) is 29.5 Å². The van der Waals surface area contributed by atoms with Gasteiger partial charge in [0.15, 0.2) is 0 Å². The van der Waals surface area contributed by atoms with Crippen molar-refractivity contribution in [2.45, 2.75) is 25.9 Å². The SMILES string of the molecule is CC(C)(O)CCOc1cc(N)ccc1Cl. The van der Waals surface area contributed by atoms with Crippen LogP contribution in [-0.4, -0.2) is 17.3 Å². The Morgan fingerprint density at radius 2 is 2.13 bits per heavy atom. The van der Waals surface area contributed by atoms with Crippen LogP contribution in [0, 0.1) is 0 Å². The molecule has 0 aliphatic heterocycles. The Morgan fingerprint density at radius 1 is 1.47 bits per heavy atom. The number of hydrogen-bond acceptors (Lipinski definition) is 3. The highest BCUT2D eigenvalue weighted by Crippen LogP contribution is 2.26. The minimum atomic E-state index is -0.729. The smallest absolute Gasteiger partial charge is 0.139 e. The summed E-state index contributed by atoms with van der Waals surface area (Å²) < 4.78 is 5.42. The van der Waals surface area contributed by atoms with E-state index in [1.165, 1.54) is 0 Å². The third kappa shape index (κ3) is 4.40. The van der Waals surface area contributed by atoms with Gasteiger partial charge in [-0.3, -0.25) is 0 Å². The van der Waals surface area contributed by atoms with Gasteiger partial charge in [0.2, 0.25) is 0 Å². The normalized spacial score (nSPS) is 11.5. The molecule has 0 aromatic heterocycles. The van der Waals surface area contributed by atoms with Crippen LogP contribution in [-0.2, 0) is 0 Å². The molecule has 1 aromatic rings. The first kappa shape index (κ1) is 12.1. The second-order valence-electron chi connectivity index (χ2n) is 4.10. The van der Waals surface area contributed by atoms with Crippen LogP contribution in [0.15, 0.2) is 18.2 Å². The molecule has 0 unspecified atom stereocenters. The highest BCUT2D eigenvalue weighted by molar-refractivity contribution is 6.32. The number of aliphatic hydroxyl groups is 1. The molecule has 0 saturated carbocycles. The molecular formula is C11H16ClNO2. The van der Waals surface area contributed by atoms with Gasteiger partial charge in [0.05, 0.1) is 17.2 Å². The van der Waals surface area contributed by atoms with Crippen molar-refractivity contribution >= 4 is 17.3 Å². The lowest BCUT2D eigenvalue weighted by atomic mass is 10.1. The molecule has 0 amide bonds. The molecule has 0 saturated heterocycles. The topological polar surface area (TPSA) is 55.5 Å².